The summed E-state index contributed by atoms with van der Waals surface area (Å²) in [6.45, 7) is 7.38. The second kappa shape index (κ2) is 10.5. The van der Waals surface area contributed by atoms with Crippen molar-refractivity contribution in [2.24, 2.45) is 0 Å². The summed E-state index contributed by atoms with van der Waals surface area (Å²) in [6.07, 6.45) is 1.37. The zero-order chi connectivity index (χ0) is 19.8. The fourth-order valence-electron chi connectivity index (χ4n) is 3.04. The molecule has 1 aliphatic heterocycles. The van der Waals surface area contributed by atoms with Crippen LogP contribution in [-0.4, -0.2) is 60.6 Å². The van der Waals surface area contributed by atoms with E-state index in [1.54, 1.807) is 16.2 Å². The van der Waals surface area contributed by atoms with Gasteiger partial charge in [-0.15, -0.1) is 11.3 Å². The third-order valence-electron chi connectivity index (χ3n) is 4.80. The SMILES string of the molecule is CCc1ccc(OCCC(=O)N(C)Cc2csc(CN3CCOCC3)n2)cc1. The van der Waals surface area contributed by atoms with E-state index in [1.807, 2.05) is 24.6 Å². The maximum atomic E-state index is 12.4. The van der Waals surface area contributed by atoms with E-state index in [0.29, 0.717) is 19.6 Å². The molecule has 0 aliphatic carbocycles. The Labute approximate surface area is 171 Å². The molecule has 1 aliphatic rings. The van der Waals surface area contributed by atoms with Crippen LogP contribution in [0.5, 0.6) is 5.75 Å². The lowest BCUT2D eigenvalue weighted by atomic mass is 10.2. The minimum atomic E-state index is 0.0629. The second-order valence-electron chi connectivity index (χ2n) is 6.97. The van der Waals surface area contributed by atoms with Gasteiger partial charge in [0.1, 0.15) is 10.8 Å². The smallest absolute Gasteiger partial charge is 0.226 e. The Bertz CT molecular complexity index is 742. The molecule has 1 aromatic heterocycles. The van der Waals surface area contributed by atoms with E-state index >= 15 is 0 Å². The number of nitrogens with zero attached hydrogens (tertiary/aromatic N) is 3. The van der Waals surface area contributed by atoms with Gasteiger partial charge in [0.25, 0.3) is 0 Å². The van der Waals surface area contributed by atoms with Crippen LogP contribution in [0, 0.1) is 0 Å². The lowest BCUT2D eigenvalue weighted by Gasteiger charge is -2.25. The minimum Gasteiger partial charge on any atom is -0.493 e. The topological polar surface area (TPSA) is 54.9 Å². The van der Waals surface area contributed by atoms with Crippen molar-refractivity contribution in [2.75, 3.05) is 40.0 Å². The van der Waals surface area contributed by atoms with Gasteiger partial charge in [-0.2, -0.15) is 0 Å². The number of carbonyl (C=O) groups is 1. The summed E-state index contributed by atoms with van der Waals surface area (Å²) in [7, 11) is 1.82. The van der Waals surface area contributed by atoms with Crippen molar-refractivity contribution >= 4 is 17.2 Å². The molecule has 1 saturated heterocycles. The molecule has 2 aromatic rings. The van der Waals surface area contributed by atoms with E-state index in [4.69, 9.17) is 9.47 Å². The van der Waals surface area contributed by atoms with Crippen molar-refractivity contribution in [2.45, 2.75) is 32.9 Å². The Balaban J connectivity index is 1.39. The van der Waals surface area contributed by atoms with Gasteiger partial charge in [-0.1, -0.05) is 19.1 Å². The maximum absolute atomic E-state index is 12.4. The molecule has 7 heteroatoms. The molecule has 28 heavy (non-hydrogen) atoms. The molecule has 6 nitrogen and oxygen atoms in total. The Hall–Kier alpha value is -1.96. The van der Waals surface area contributed by atoms with Crippen LogP contribution in [0.15, 0.2) is 29.6 Å². The lowest BCUT2D eigenvalue weighted by Crippen LogP contribution is -2.35. The normalized spacial score (nSPS) is 14.8. The van der Waals surface area contributed by atoms with Crippen LogP contribution in [0.1, 0.15) is 29.6 Å². The number of carbonyl (C=O) groups excluding carboxylic acids is 1. The predicted molar refractivity (Wildman–Crippen MR) is 111 cm³/mol. The highest BCUT2D eigenvalue weighted by Crippen LogP contribution is 2.16. The first-order chi connectivity index (χ1) is 13.6. The molecule has 152 valence electrons. The van der Waals surface area contributed by atoms with Gasteiger partial charge in [0.05, 0.1) is 45.0 Å². The van der Waals surface area contributed by atoms with E-state index < -0.39 is 0 Å². The van der Waals surface area contributed by atoms with Gasteiger partial charge >= 0.3 is 0 Å². The van der Waals surface area contributed by atoms with Crippen LogP contribution in [0.4, 0.5) is 0 Å². The number of hydrogen-bond donors (Lipinski definition) is 0. The second-order valence-corrected chi connectivity index (χ2v) is 7.91. The summed E-state index contributed by atoms with van der Waals surface area (Å²) in [5, 5.41) is 3.14. The highest BCUT2D eigenvalue weighted by molar-refractivity contribution is 7.09. The van der Waals surface area contributed by atoms with Gasteiger partial charge in [0, 0.05) is 25.5 Å². The van der Waals surface area contributed by atoms with E-state index in [-0.39, 0.29) is 5.91 Å². The predicted octanol–water partition coefficient (Wildman–Crippen LogP) is 2.97. The Morgan fingerprint density at radius 2 is 2.04 bits per heavy atom. The monoisotopic (exact) mass is 403 g/mol. The van der Waals surface area contributed by atoms with Gasteiger partial charge < -0.3 is 14.4 Å². The lowest BCUT2D eigenvalue weighted by molar-refractivity contribution is -0.131. The van der Waals surface area contributed by atoms with Gasteiger partial charge in [-0.05, 0) is 24.1 Å². The number of hydrogen-bond acceptors (Lipinski definition) is 6. The molecule has 1 fully saturated rings. The van der Waals surface area contributed by atoms with Gasteiger partial charge in [-0.3, -0.25) is 9.69 Å². The number of ether oxygens (including phenoxy) is 2. The molecule has 2 heterocycles. The quantitative estimate of drug-likeness (QED) is 0.644. The maximum Gasteiger partial charge on any atom is 0.226 e. The Kier molecular flexibility index (Phi) is 7.82. The number of thiazole rings is 1. The number of aryl methyl sites for hydroxylation is 1. The highest BCUT2D eigenvalue weighted by atomic mass is 32.1. The first kappa shape index (κ1) is 20.8. The largest absolute Gasteiger partial charge is 0.493 e. The number of amides is 1. The van der Waals surface area contributed by atoms with Crippen LogP contribution in [0.2, 0.25) is 0 Å². The van der Waals surface area contributed by atoms with E-state index in [2.05, 4.69) is 28.9 Å². The van der Waals surface area contributed by atoms with Gasteiger partial charge in [0.2, 0.25) is 5.91 Å². The molecule has 0 N–H and O–H groups in total. The molecule has 0 unspecified atom stereocenters. The summed E-state index contributed by atoms with van der Waals surface area (Å²) in [5.74, 6) is 0.868. The van der Waals surface area contributed by atoms with E-state index in [0.717, 1.165) is 55.7 Å². The van der Waals surface area contributed by atoms with Crippen LogP contribution < -0.4 is 4.74 Å². The highest BCUT2D eigenvalue weighted by Gasteiger charge is 2.15. The fraction of sp³-hybridized carbons (Fsp3) is 0.524. The third kappa shape index (κ3) is 6.29. The average molecular weight is 404 g/mol. The van der Waals surface area contributed by atoms with Crippen LogP contribution in [0.3, 0.4) is 0 Å². The average Bonchev–Trinajstić information content (AvgIpc) is 3.15. The van der Waals surface area contributed by atoms with Gasteiger partial charge in [-0.25, -0.2) is 4.98 Å². The number of benzene rings is 1. The summed E-state index contributed by atoms with van der Waals surface area (Å²) in [4.78, 5) is 21.1. The molecule has 1 aromatic carbocycles. The van der Waals surface area contributed by atoms with Crippen molar-refractivity contribution < 1.29 is 14.3 Å². The summed E-state index contributed by atoms with van der Waals surface area (Å²) in [6, 6.07) is 8.02. The molecule has 0 atom stereocenters. The van der Waals surface area contributed by atoms with Crippen molar-refractivity contribution in [3.8, 4) is 5.75 Å². The Morgan fingerprint density at radius 3 is 2.75 bits per heavy atom. The molecule has 0 radical (unpaired) electrons. The number of morpholine rings is 1. The zero-order valence-corrected chi connectivity index (χ0v) is 17.5. The molecular formula is C21H29N3O3S. The van der Waals surface area contributed by atoms with Crippen molar-refractivity contribution in [3.05, 3.63) is 45.9 Å². The van der Waals surface area contributed by atoms with Crippen LogP contribution in [-0.2, 0) is 29.0 Å². The van der Waals surface area contributed by atoms with Crippen molar-refractivity contribution in [1.82, 2.24) is 14.8 Å². The molecule has 0 spiro atoms. The number of rotatable bonds is 9. The molecular weight excluding hydrogens is 374 g/mol. The molecule has 0 bridgehead atoms. The minimum absolute atomic E-state index is 0.0629. The number of aromatic nitrogens is 1. The van der Waals surface area contributed by atoms with Crippen LogP contribution >= 0.6 is 11.3 Å². The van der Waals surface area contributed by atoms with Crippen molar-refractivity contribution in [1.29, 1.82) is 0 Å². The van der Waals surface area contributed by atoms with Crippen molar-refractivity contribution in [3.63, 3.8) is 0 Å². The molecule has 1 amide bonds. The summed E-state index contributed by atoms with van der Waals surface area (Å²) < 4.78 is 11.1. The molecule has 3 rings (SSSR count). The molecule has 0 saturated carbocycles. The van der Waals surface area contributed by atoms with Gasteiger partial charge in [0.15, 0.2) is 0 Å². The van der Waals surface area contributed by atoms with E-state index in [9.17, 15) is 4.79 Å². The Morgan fingerprint density at radius 1 is 1.29 bits per heavy atom. The standard InChI is InChI=1S/C21H29N3O3S/c1-3-17-4-6-19(7-5-17)27-11-8-21(25)23(2)14-18-16-28-20(22-18)15-24-9-12-26-13-10-24/h4-7,16H,3,8-15H2,1-2H3. The zero-order valence-electron chi connectivity index (χ0n) is 16.7. The fourth-order valence-corrected chi connectivity index (χ4v) is 3.87. The van der Waals surface area contributed by atoms with Crippen LogP contribution in [0.25, 0.3) is 0 Å². The summed E-state index contributed by atoms with van der Waals surface area (Å²) >= 11 is 1.66. The summed E-state index contributed by atoms with van der Waals surface area (Å²) in [5.41, 5.74) is 2.22. The third-order valence-corrected chi connectivity index (χ3v) is 5.69. The van der Waals surface area contributed by atoms with E-state index in [1.165, 1.54) is 5.56 Å². The first-order valence-electron chi connectivity index (χ1n) is 9.83. The first-order valence-corrected chi connectivity index (χ1v) is 10.7.